The van der Waals surface area contributed by atoms with Gasteiger partial charge in [-0.25, -0.2) is 9.37 Å². The molecule has 1 amide bonds. The molecule has 1 fully saturated rings. The molecule has 2 heterocycles. The Morgan fingerprint density at radius 3 is 3.00 bits per heavy atom. The summed E-state index contributed by atoms with van der Waals surface area (Å²) in [5, 5.41) is 9.76. The van der Waals surface area contributed by atoms with Gasteiger partial charge >= 0.3 is 6.01 Å². The van der Waals surface area contributed by atoms with Crippen LogP contribution >= 0.6 is 11.6 Å². The van der Waals surface area contributed by atoms with Crippen LogP contribution in [-0.2, 0) is 0 Å². The van der Waals surface area contributed by atoms with Crippen LogP contribution in [0.2, 0.25) is 5.15 Å². The second-order valence-corrected chi connectivity index (χ2v) is 4.52. The van der Waals surface area contributed by atoms with Crippen molar-refractivity contribution in [1.29, 1.82) is 0 Å². The van der Waals surface area contributed by atoms with Crippen molar-refractivity contribution in [2.45, 2.75) is 18.8 Å². The minimum atomic E-state index is -0.654. The van der Waals surface area contributed by atoms with E-state index in [4.69, 9.17) is 16.0 Å². The molecule has 0 bridgehead atoms. The average Bonchev–Trinajstić information content (AvgIpc) is 3.13. The Balaban J connectivity index is 1.77. The number of hydrogen-bond acceptors (Lipinski definition) is 5. The summed E-state index contributed by atoms with van der Waals surface area (Å²) in [7, 11) is 0. The lowest BCUT2D eigenvalue weighted by Gasteiger charge is -2.02. The second-order valence-electron chi connectivity index (χ2n) is 4.17. The summed E-state index contributed by atoms with van der Waals surface area (Å²) in [6.07, 6.45) is 2.95. The number of nitrogens with zero attached hydrogens (tertiary/aromatic N) is 3. The van der Waals surface area contributed by atoms with E-state index in [0.717, 1.165) is 25.1 Å². The predicted molar refractivity (Wildman–Crippen MR) is 63.4 cm³/mol. The van der Waals surface area contributed by atoms with Gasteiger partial charge in [0.05, 0.1) is 11.8 Å². The normalized spacial score (nSPS) is 14.4. The number of amides is 1. The summed E-state index contributed by atoms with van der Waals surface area (Å²) in [6.45, 7) is 0. The van der Waals surface area contributed by atoms with Gasteiger partial charge < -0.3 is 4.42 Å². The predicted octanol–water partition coefficient (Wildman–Crippen LogP) is 2.39. The summed E-state index contributed by atoms with van der Waals surface area (Å²) >= 11 is 5.72. The summed E-state index contributed by atoms with van der Waals surface area (Å²) in [6, 6.07) is 0.954. The van der Waals surface area contributed by atoms with Crippen LogP contribution in [-0.4, -0.2) is 21.1 Å². The number of rotatable bonds is 3. The van der Waals surface area contributed by atoms with Crippen LogP contribution in [0.3, 0.4) is 0 Å². The highest BCUT2D eigenvalue weighted by Crippen LogP contribution is 2.39. The fraction of sp³-hybridized carbons (Fsp3) is 0.273. The fourth-order valence-corrected chi connectivity index (χ4v) is 1.72. The van der Waals surface area contributed by atoms with Gasteiger partial charge in [-0.15, -0.1) is 5.10 Å². The van der Waals surface area contributed by atoms with E-state index in [1.54, 1.807) is 0 Å². The quantitative estimate of drug-likeness (QED) is 0.874. The van der Waals surface area contributed by atoms with Crippen LogP contribution in [0.15, 0.2) is 16.7 Å². The first-order valence-electron chi connectivity index (χ1n) is 5.59. The van der Waals surface area contributed by atoms with Crippen LogP contribution in [0.4, 0.5) is 10.4 Å². The van der Waals surface area contributed by atoms with Crippen LogP contribution in [0.1, 0.15) is 35.0 Å². The Morgan fingerprint density at radius 2 is 2.26 bits per heavy atom. The molecule has 0 atom stereocenters. The molecule has 0 aromatic carbocycles. The lowest BCUT2D eigenvalue weighted by Crippen LogP contribution is -2.13. The molecule has 0 unspecified atom stereocenters. The topological polar surface area (TPSA) is 80.9 Å². The minimum Gasteiger partial charge on any atom is -0.408 e. The molecular weight excluding hydrogens is 275 g/mol. The standard InChI is InChI=1S/C11H8ClFN4O2/c12-8-7(3-6(13)4-14-8)9(18)15-11-17-16-10(19-11)5-1-2-5/h3-5H,1-2H2,(H,15,17,18). The van der Waals surface area contributed by atoms with Gasteiger partial charge in [-0.2, -0.15) is 0 Å². The van der Waals surface area contributed by atoms with Crippen molar-refractivity contribution < 1.29 is 13.6 Å². The smallest absolute Gasteiger partial charge is 0.322 e. The number of carbonyl (C=O) groups excluding carboxylic acids is 1. The molecule has 2 aromatic rings. The lowest BCUT2D eigenvalue weighted by atomic mass is 10.2. The minimum absolute atomic E-state index is 0.0350. The van der Waals surface area contributed by atoms with Crippen molar-refractivity contribution in [3.05, 3.63) is 34.7 Å². The molecule has 98 valence electrons. The van der Waals surface area contributed by atoms with Gasteiger partial charge in [0.2, 0.25) is 5.89 Å². The summed E-state index contributed by atoms with van der Waals surface area (Å²) in [4.78, 5) is 15.4. The van der Waals surface area contributed by atoms with Gasteiger partial charge in [0.15, 0.2) is 0 Å². The molecular formula is C11H8ClFN4O2. The zero-order valence-corrected chi connectivity index (χ0v) is 10.3. The third-order valence-corrected chi connectivity index (χ3v) is 2.94. The molecule has 2 aromatic heterocycles. The Bertz CT molecular complexity index is 641. The summed E-state index contributed by atoms with van der Waals surface area (Å²) in [5.74, 6) is -0.516. The molecule has 8 heteroatoms. The maximum Gasteiger partial charge on any atom is 0.322 e. The van der Waals surface area contributed by atoms with Crippen molar-refractivity contribution in [3.63, 3.8) is 0 Å². The van der Waals surface area contributed by atoms with Crippen LogP contribution < -0.4 is 5.32 Å². The maximum absolute atomic E-state index is 13.0. The summed E-state index contributed by atoms with van der Waals surface area (Å²) < 4.78 is 18.3. The largest absolute Gasteiger partial charge is 0.408 e. The molecule has 0 saturated heterocycles. The molecule has 19 heavy (non-hydrogen) atoms. The Labute approximate surface area is 112 Å². The van der Waals surface area contributed by atoms with E-state index >= 15 is 0 Å². The fourth-order valence-electron chi connectivity index (χ4n) is 1.53. The van der Waals surface area contributed by atoms with E-state index in [1.165, 1.54) is 0 Å². The van der Waals surface area contributed by atoms with Gasteiger partial charge in [0, 0.05) is 5.92 Å². The molecule has 1 saturated carbocycles. The van der Waals surface area contributed by atoms with Crippen LogP contribution in [0, 0.1) is 5.82 Å². The third kappa shape index (κ3) is 2.55. The highest BCUT2D eigenvalue weighted by Gasteiger charge is 2.29. The Kier molecular flexibility index (Phi) is 2.90. The number of carbonyl (C=O) groups is 1. The van der Waals surface area contributed by atoms with Crippen molar-refractivity contribution in [2.24, 2.45) is 0 Å². The van der Waals surface area contributed by atoms with E-state index in [-0.39, 0.29) is 22.6 Å². The molecule has 6 nitrogen and oxygen atoms in total. The number of anilines is 1. The Hall–Kier alpha value is -2.02. The van der Waals surface area contributed by atoms with E-state index < -0.39 is 11.7 Å². The molecule has 1 N–H and O–H groups in total. The van der Waals surface area contributed by atoms with Gasteiger partial charge in [0.1, 0.15) is 11.0 Å². The monoisotopic (exact) mass is 282 g/mol. The zero-order valence-electron chi connectivity index (χ0n) is 9.56. The van der Waals surface area contributed by atoms with E-state index in [2.05, 4.69) is 20.5 Å². The number of aromatic nitrogens is 3. The third-order valence-electron chi connectivity index (χ3n) is 2.64. The van der Waals surface area contributed by atoms with Crippen molar-refractivity contribution in [2.75, 3.05) is 5.32 Å². The molecule has 3 rings (SSSR count). The number of pyridine rings is 1. The number of nitrogens with one attached hydrogen (secondary N) is 1. The highest BCUT2D eigenvalue weighted by atomic mass is 35.5. The molecule has 1 aliphatic carbocycles. The highest BCUT2D eigenvalue weighted by molar-refractivity contribution is 6.33. The van der Waals surface area contributed by atoms with E-state index in [9.17, 15) is 9.18 Å². The van der Waals surface area contributed by atoms with Gasteiger partial charge in [-0.05, 0) is 18.9 Å². The first-order chi connectivity index (χ1) is 9.13. The molecule has 0 aliphatic heterocycles. The Morgan fingerprint density at radius 1 is 1.47 bits per heavy atom. The van der Waals surface area contributed by atoms with E-state index in [0.29, 0.717) is 5.89 Å². The van der Waals surface area contributed by atoms with Crippen LogP contribution in [0.25, 0.3) is 0 Å². The lowest BCUT2D eigenvalue weighted by molar-refractivity contribution is 0.102. The average molecular weight is 283 g/mol. The molecule has 0 radical (unpaired) electrons. The zero-order chi connectivity index (χ0) is 13.4. The molecule has 1 aliphatic rings. The van der Waals surface area contributed by atoms with Crippen molar-refractivity contribution in [1.82, 2.24) is 15.2 Å². The maximum atomic E-state index is 13.0. The van der Waals surface area contributed by atoms with Gasteiger partial charge in [0.25, 0.3) is 5.91 Å². The number of halogens is 2. The number of hydrogen-bond donors (Lipinski definition) is 1. The van der Waals surface area contributed by atoms with Gasteiger partial charge in [-0.1, -0.05) is 16.7 Å². The van der Waals surface area contributed by atoms with Gasteiger partial charge in [-0.3, -0.25) is 10.1 Å². The van der Waals surface area contributed by atoms with Crippen molar-refractivity contribution >= 4 is 23.5 Å². The van der Waals surface area contributed by atoms with Crippen LogP contribution in [0.5, 0.6) is 0 Å². The second kappa shape index (κ2) is 4.58. The molecule has 0 spiro atoms. The van der Waals surface area contributed by atoms with E-state index in [1.807, 2.05) is 0 Å². The SMILES string of the molecule is O=C(Nc1nnc(C2CC2)o1)c1cc(F)cnc1Cl. The summed E-state index contributed by atoms with van der Waals surface area (Å²) in [5.41, 5.74) is -0.0900. The first kappa shape index (κ1) is 12.0. The first-order valence-corrected chi connectivity index (χ1v) is 5.97. The van der Waals surface area contributed by atoms with Crippen molar-refractivity contribution in [3.8, 4) is 0 Å².